The van der Waals surface area contributed by atoms with E-state index in [1.807, 2.05) is 6.07 Å². The fraction of sp³-hybridized carbons (Fsp3) is 0.409. The van der Waals surface area contributed by atoms with E-state index in [0.29, 0.717) is 26.9 Å². The maximum absolute atomic E-state index is 6.23. The molecule has 152 valence electrons. The first-order valence-corrected chi connectivity index (χ1v) is 11.5. The highest BCUT2D eigenvalue weighted by molar-refractivity contribution is 7.19. The smallest absolute Gasteiger partial charge is 0.158 e. The number of nitrogens with one attached hydrogen (secondary N) is 1. The van der Waals surface area contributed by atoms with Gasteiger partial charge in [0.1, 0.15) is 11.2 Å². The summed E-state index contributed by atoms with van der Waals surface area (Å²) in [6.45, 7) is 7.04. The SMILES string of the molecule is CCC(C)(C)[C@@H]1CCc2sc3ncnc(N/N=C/c4c(Cl)cccc4Cl)c3c2C1. The molecule has 1 aliphatic rings. The average molecular weight is 447 g/mol. The molecule has 0 saturated carbocycles. The Labute approximate surface area is 185 Å². The quantitative estimate of drug-likeness (QED) is 0.339. The monoisotopic (exact) mass is 446 g/mol. The lowest BCUT2D eigenvalue weighted by Gasteiger charge is -2.36. The minimum absolute atomic E-state index is 0.328. The van der Waals surface area contributed by atoms with Crippen molar-refractivity contribution in [1.29, 1.82) is 0 Å². The molecule has 4 rings (SSSR count). The Hall–Kier alpha value is -1.69. The third kappa shape index (κ3) is 4.00. The van der Waals surface area contributed by atoms with Crippen LogP contribution in [-0.2, 0) is 12.8 Å². The van der Waals surface area contributed by atoms with Crippen LogP contribution < -0.4 is 5.43 Å². The fourth-order valence-corrected chi connectivity index (χ4v) is 5.62. The van der Waals surface area contributed by atoms with Gasteiger partial charge in [0, 0.05) is 10.4 Å². The molecule has 0 aliphatic heterocycles. The number of nitrogens with zero attached hydrogens (tertiary/aromatic N) is 3. The highest BCUT2D eigenvalue weighted by atomic mass is 35.5. The van der Waals surface area contributed by atoms with Crippen LogP contribution in [0.1, 0.15) is 49.6 Å². The second-order valence-electron chi connectivity index (χ2n) is 8.19. The van der Waals surface area contributed by atoms with Crippen LogP contribution in [0.4, 0.5) is 5.82 Å². The van der Waals surface area contributed by atoms with Gasteiger partial charge in [0.05, 0.1) is 21.6 Å². The van der Waals surface area contributed by atoms with Gasteiger partial charge < -0.3 is 0 Å². The Bertz CT molecular complexity index is 1050. The minimum Gasteiger partial charge on any atom is -0.261 e. The van der Waals surface area contributed by atoms with Crippen molar-refractivity contribution in [1.82, 2.24) is 9.97 Å². The van der Waals surface area contributed by atoms with E-state index in [1.54, 1.807) is 36.0 Å². The molecule has 0 spiro atoms. The van der Waals surface area contributed by atoms with E-state index in [-0.39, 0.29) is 0 Å². The molecule has 4 nitrogen and oxygen atoms in total. The molecular weight excluding hydrogens is 423 g/mol. The van der Waals surface area contributed by atoms with E-state index in [2.05, 4.69) is 41.3 Å². The lowest BCUT2D eigenvalue weighted by atomic mass is 9.69. The molecule has 29 heavy (non-hydrogen) atoms. The van der Waals surface area contributed by atoms with Crippen molar-refractivity contribution in [3.05, 3.63) is 50.6 Å². The lowest BCUT2D eigenvalue weighted by Crippen LogP contribution is -2.28. The summed E-state index contributed by atoms with van der Waals surface area (Å²) >= 11 is 14.2. The number of aromatic nitrogens is 2. The van der Waals surface area contributed by atoms with Gasteiger partial charge in [0.2, 0.25) is 0 Å². The first kappa shape index (κ1) is 20.6. The Balaban J connectivity index is 1.66. The lowest BCUT2D eigenvalue weighted by molar-refractivity contribution is 0.184. The number of fused-ring (bicyclic) bond motifs is 3. The molecule has 0 unspecified atom stereocenters. The van der Waals surface area contributed by atoms with Gasteiger partial charge in [-0.15, -0.1) is 11.3 Å². The normalized spacial score (nSPS) is 17.1. The molecule has 7 heteroatoms. The van der Waals surface area contributed by atoms with Crippen LogP contribution in [0.25, 0.3) is 10.2 Å². The van der Waals surface area contributed by atoms with Gasteiger partial charge in [-0.2, -0.15) is 5.10 Å². The molecule has 1 aromatic carbocycles. The molecule has 2 aromatic heterocycles. The average Bonchev–Trinajstić information content (AvgIpc) is 3.08. The maximum atomic E-state index is 6.23. The van der Waals surface area contributed by atoms with E-state index < -0.39 is 0 Å². The Morgan fingerprint density at radius 3 is 2.76 bits per heavy atom. The molecule has 1 atom stereocenters. The zero-order valence-corrected chi connectivity index (χ0v) is 19.1. The van der Waals surface area contributed by atoms with E-state index in [9.17, 15) is 0 Å². The Morgan fingerprint density at radius 1 is 1.28 bits per heavy atom. The number of rotatable bonds is 5. The molecule has 0 radical (unpaired) electrons. The van der Waals surface area contributed by atoms with Gasteiger partial charge in [-0.3, -0.25) is 5.43 Å². The van der Waals surface area contributed by atoms with E-state index in [1.165, 1.54) is 23.3 Å². The molecular formula is C22H24Cl2N4S. The summed E-state index contributed by atoms with van der Waals surface area (Å²) in [6, 6.07) is 5.40. The van der Waals surface area contributed by atoms with E-state index >= 15 is 0 Å². The summed E-state index contributed by atoms with van der Waals surface area (Å²) in [7, 11) is 0. The highest BCUT2D eigenvalue weighted by Crippen LogP contribution is 2.45. The van der Waals surface area contributed by atoms with Crippen LogP contribution in [0, 0.1) is 11.3 Å². The molecule has 3 aromatic rings. The van der Waals surface area contributed by atoms with E-state index in [0.717, 1.165) is 28.9 Å². The molecule has 1 N–H and O–H groups in total. The van der Waals surface area contributed by atoms with Gasteiger partial charge >= 0.3 is 0 Å². The number of thiophene rings is 1. The number of benzene rings is 1. The summed E-state index contributed by atoms with van der Waals surface area (Å²) in [5.74, 6) is 1.40. The second-order valence-corrected chi connectivity index (χ2v) is 10.1. The summed E-state index contributed by atoms with van der Waals surface area (Å²) in [6.07, 6.45) is 7.83. The molecule has 1 aliphatic carbocycles. The maximum Gasteiger partial charge on any atom is 0.158 e. The van der Waals surface area contributed by atoms with Crippen molar-refractivity contribution >= 4 is 56.8 Å². The van der Waals surface area contributed by atoms with Crippen LogP contribution in [0.3, 0.4) is 0 Å². The van der Waals surface area contributed by atoms with Gasteiger partial charge in [0.25, 0.3) is 0 Å². The predicted octanol–water partition coefficient (Wildman–Crippen LogP) is 6.99. The van der Waals surface area contributed by atoms with Gasteiger partial charge in [-0.05, 0) is 48.3 Å². The minimum atomic E-state index is 0.328. The Morgan fingerprint density at radius 2 is 2.03 bits per heavy atom. The first-order valence-electron chi connectivity index (χ1n) is 9.89. The van der Waals surface area contributed by atoms with Crippen LogP contribution in [0.15, 0.2) is 29.6 Å². The zero-order valence-electron chi connectivity index (χ0n) is 16.8. The third-order valence-corrected chi connectivity index (χ3v) is 8.08. The highest BCUT2D eigenvalue weighted by Gasteiger charge is 2.33. The zero-order chi connectivity index (χ0) is 20.6. The van der Waals surface area contributed by atoms with E-state index in [4.69, 9.17) is 23.2 Å². The van der Waals surface area contributed by atoms with Crippen LogP contribution in [-0.4, -0.2) is 16.2 Å². The summed E-state index contributed by atoms with van der Waals surface area (Å²) in [5, 5.41) is 6.60. The summed E-state index contributed by atoms with van der Waals surface area (Å²) in [5.41, 5.74) is 5.50. The second kappa shape index (κ2) is 8.21. The molecule has 2 heterocycles. The topological polar surface area (TPSA) is 50.2 Å². The summed E-state index contributed by atoms with van der Waals surface area (Å²) in [4.78, 5) is 11.5. The van der Waals surface area contributed by atoms with Crippen molar-refractivity contribution in [2.45, 2.75) is 46.5 Å². The van der Waals surface area contributed by atoms with Crippen molar-refractivity contribution in [3.8, 4) is 0 Å². The van der Waals surface area contributed by atoms with Crippen molar-refractivity contribution in [2.24, 2.45) is 16.4 Å². The number of hydrogen-bond acceptors (Lipinski definition) is 5. The van der Waals surface area contributed by atoms with Crippen molar-refractivity contribution in [2.75, 3.05) is 5.43 Å². The molecule has 0 amide bonds. The first-order chi connectivity index (χ1) is 13.9. The van der Waals surface area contributed by atoms with Gasteiger partial charge in [0.15, 0.2) is 5.82 Å². The van der Waals surface area contributed by atoms with Crippen molar-refractivity contribution in [3.63, 3.8) is 0 Å². The molecule has 0 saturated heterocycles. The number of hydrazone groups is 1. The van der Waals surface area contributed by atoms with Crippen molar-refractivity contribution < 1.29 is 0 Å². The number of aryl methyl sites for hydroxylation is 1. The van der Waals surface area contributed by atoms with Crippen LogP contribution >= 0.6 is 34.5 Å². The van der Waals surface area contributed by atoms with Crippen LogP contribution in [0.5, 0.6) is 0 Å². The largest absolute Gasteiger partial charge is 0.261 e. The van der Waals surface area contributed by atoms with Crippen LogP contribution in [0.2, 0.25) is 10.0 Å². The number of halogens is 2. The summed E-state index contributed by atoms with van der Waals surface area (Å²) < 4.78 is 0. The molecule has 0 bridgehead atoms. The third-order valence-electron chi connectivity index (χ3n) is 6.22. The number of anilines is 1. The molecule has 0 fully saturated rings. The van der Waals surface area contributed by atoms with Gasteiger partial charge in [-0.1, -0.05) is 56.5 Å². The predicted molar refractivity (Wildman–Crippen MR) is 125 cm³/mol. The Kier molecular flexibility index (Phi) is 5.83. The van der Waals surface area contributed by atoms with Gasteiger partial charge in [-0.25, -0.2) is 9.97 Å². The fourth-order valence-electron chi connectivity index (χ4n) is 3.94. The number of hydrogen-bond donors (Lipinski definition) is 1. The standard InChI is InChI=1S/C22H24Cl2N4S/c1-4-22(2,3)13-8-9-18-14(10-13)19-20(25-12-26-21(19)29-18)28-27-11-15-16(23)6-5-7-17(15)24/h5-7,11-13H,4,8-10H2,1-3H3,(H,25,26,28)/b27-11+/t13-/m1/s1.